The van der Waals surface area contributed by atoms with Crippen LogP contribution in [0.2, 0.25) is 0 Å². The smallest absolute Gasteiger partial charge is 0.349 e. The minimum atomic E-state index is -0.682. The molecule has 1 fully saturated rings. The minimum absolute atomic E-state index is 0.0578. The quantitative estimate of drug-likeness (QED) is 0.351. The highest BCUT2D eigenvalue weighted by atomic mass is 79.9. The first-order valence-corrected chi connectivity index (χ1v) is 12.1. The molecule has 8 heteroatoms. The van der Waals surface area contributed by atoms with Gasteiger partial charge < -0.3 is 14.6 Å². The number of halogens is 1. The summed E-state index contributed by atoms with van der Waals surface area (Å²) in [5.74, 6) is 0.361. The molecule has 34 heavy (non-hydrogen) atoms. The second kappa shape index (κ2) is 9.77. The first-order valence-electron chi connectivity index (χ1n) is 11.3. The van der Waals surface area contributed by atoms with E-state index < -0.39 is 11.5 Å². The normalized spacial score (nSPS) is 14.1. The predicted molar refractivity (Wildman–Crippen MR) is 136 cm³/mol. The number of amides is 1. The number of rotatable bonds is 4. The van der Waals surface area contributed by atoms with Crippen LogP contribution in [-0.4, -0.2) is 29.2 Å². The van der Waals surface area contributed by atoms with Crippen LogP contribution in [0.15, 0.2) is 74.3 Å². The van der Waals surface area contributed by atoms with Crippen molar-refractivity contribution in [2.45, 2.75) is 25.7 Å². The molecular formula is C26H23BrN4O3. The molecule has 0 radical (unpaired) electrons. The standard InChI is InChI=1S/C26H23BrN4O3/c27-19-8-10-23-18(14-19)16-21(26(33)34-23)25(32)28-20-7-5-6-17(15-20)22-9-11-24(30-29-22)31-12-3-1-2-4-13-31/h5-11,14-16H,1-4,12-13H2,(H,28,32). The third kappa shape index (κ3) is 4.87. The molecule has 4 aromatic rings. The van der Waals surface area contributed by atoms with Crippen molar-refractivity contribution in [3.63, 3.8) is 0 Å². The van der Waals surface area contributed by atoms with Gasteiger partial charge in [-0.2, -0.15) is 0 Å². The van der Waals surface area contributed by atoms with E-state index in [4.69, 9.17) is 4.42 Å². The largest absolute Gasteiger partial charge is 0.422 e. The van der Waals surface area contributed by atoms with Crippen molar-refractivity contribution in [3.05, 3.63) is 81.1 Å². The molecule has 1 N–H and O–H groups in total. The Kier molecular flexibility index (Phi) is 6.40. The van der Waals surface area contributed by atoms with Crippen LogP contribution in [0.3, 0.4) is 0 Å². The first-order chi connectivity index (χ1) is 16.6. The van der Waals surface area contributed by atoms with Crippen molar-refractivity contribution in [2.24, 2.45) is 0 Å². The number of hydrogen-bond acceptors (Lipinski definition) is 6. The van der Waals surface area contributed by atoms with E-state index in [1.807, 2.05) is 30.3 Å². The molecule has 1 aliphatic heterocycles. The lowest BCUT2D eigenvalue weighted by Gasteiger charge is -2.20. The van der Waals surface area contributed by atoms with E-state index in [-0.39, 0.29) is 5.56 Å². The molecule has 3 heterocycles. The molecule has 0 aliphatic carbocycles. The first kappa shape index (κ1) is 22.3. The lowest BCUT2D eigenvalue weighted by molar-refractivity contribution is 0.102. The van der Waals surface area contributed by atoms with Crippen LogP contribution in [0.1, 0.15) is 36.0 Å². The molecule has 0 bridgehead atoms. The number of nitrogens with one attached hydrogen (secondary N) is 1. The van der Waals surface area contributed by atoms with Gasteiger partial charge in [0, 0.05) is 34.2 Å². The maximum atomic E-state index is 12.8. The highest BCUT2D eigenvalue weighted by molar-refractivity contribution is 9.10. The number of benzene rings is 2. The number of anilines is 2. The topological polar surface area (TPSA) is 88.3 Å². The fraction of sp³-hybridized carbons (Fsp3) is 0.231. The SMILES string of the molecule is O=C(Nc1cccc(-c2ccc(N3CCCCCC3)nn2)c1)c1cc2cc(Br)ccc2oc1=O. The van der Waals surface area contributed by atoms with Crippen molar-refractivity contribution in [1.29, 1.82) is 0 Å². The minimum Gasteiger partial charge on any atom is -0.422 e. The third-order valence-corrected chi connectivity index (χ3v) is 6.43. The van der Waals surface area contributed by atoms with Crippen molar-refractivity contribution in [2.75, 3.05) is 23.3 Å². The summed E-state index contributed by atoms with van der Waals surface area (Å²) < 4.78 is 6.14. The van der Waals surface area contributed by atoms with Crippen LogP contribution in [-0.2, 0) is 0 Å². The van der Waals surface area contributed by atoms with Crippen molar-refractivity contribution in [3.8, 4) is 11.3 Å². The Hall–Kier alpha value is -3.52. The summed E-state index contributed by atoms with van der Waals surface area (Å²) in [6.07, 6.45) is 4.88. The maximum absolute atomic E-state index is 12.8. The molecule has 172 valence electrons. The van der Waals surface area contributed by atoms with E-state index >= 15 is 0 Å². The molecule has 2 aromatic heterocycles. The van der Waals surface area contributed by atoms with Gasteiger partial charge in [-0.15, -0.1) is 10.2 Å². The van der Waals surface area contributed by atoms with E-state index in [2.05, 4.69) is 36.3 Å². The third-order valence-electron chi connectivity index (χ3n) is 5.94. The van der Waals surface area contributed by atoms with Crippen LogP contribution in [0.5, 0.6) is 0 Å². The van der Waals surface area contributed by atoms with Gasteiger partial charge in [0.2, 0.25) is 0 Å². The lowest BCUT2D eigenvalue weighted by Crippen LogP contribution is -2.25. The summed E-state index contributed by atoms with van der Waals surface area (Å²) in [6, 6.07) is 18.1. The zero-order valence-electron chi connectivity index (χ0n) is 18.5. The molecule has 0 spiro atoms. The van der Waals surface area contributed by atoms with Gasteiger partial charge in [0.15, 0.2) is 5.82 Å². The van der Waals surface area contributed by atoms with E-state index in [1.165, 1.54) is 31.7 Å². The summed E-state index contributed by atoms with van der Waals surface area (Å²) in [6.45, 7) is 2.02. The van der Waals surface area contributed by atoms with Crippen LogP contribution >= 0.6 is 15.9 Å². The van der Waals surface area contributed by atoms with E-state index in [0.29, 0.717) is 22.4 Å². The monoisotopic (exact) mass is 518 g/mol. The van der Waals surface area contributed by atoms with Gasteiger partial charge in [-0.05, 0) is 61.4 Å². The number of hydrogen-bond donors (Lipinski definition) is 1. The molecule has 1 aliphatic rings. The number of fused-ring (bicyclic) bond motifs is 1. The predicted octanol–water partition coefficient (Wildman–Crippen LogP) is 5.65. The summed E-state index contributed by atoms with van der Waals surface area (Å²) in [5.41, 5.74) is 1.77. The van der Waals surface area contributed by atoms with Crippen molar-refractivity contribution in [1.82, 2.24) is 10.2 Å². The van der Waals surface area contributed by atoms with Crippen LogP contribution in [0, 0.1) is 0 Å². The molecule has 0 unspecified atom stereocenters. The molecule has 7 nitrogen and oxygen atoms in total. The summed E-state index contributed by atoms with van der Waals surface area (Å²) in [4.78, 5) is 27.5. The highest BCUT2D eigenvalue weighted by Gasteiger charge is 2.15. The van der Waals surface area contributed by atoms with Gasteiger partial charge in [0.1, 0.15) is 11.1 Å². The van der Waals surface area contributed by atoms with Gasteiger partial charge >= 0.3 is 5.63 Å². The van der Waals surface area contributed by atoms with Crippen LogP contribution in [0.25, 0.3) is 22.2 Å². The van der Waals surface area contributed by atoms with E-state index in [9.17, 15) is 9.59 Å². The Morgan fingerprint density at radius 1 is 0.941 bits per heavy atom. The number of aromatic nitrogens is 2. The van der Waals surface area contributed by atoms with Crippen molar-refractivity contribution >= 4 is 44.3 Å². The fourth-order valence-electron chi connectivity index (χ4n) is 4.15. The van der Waals surface area contributed by atoms with Crippen LogP contribution < -0.4 is 15.8 Å². The van der Waals surface area contributed by atoms with Gasteiger partial charge in [0.25, 0.3) is 5.91 Å². The van der Waals surface area contributed by atoms with Gasteiger partial charge in [-0.1, -0.05) is 40.9 Å². The molecule has 5 rings (SSSR count). The second-order valence-electron chi connectivity index (χ2n) is 8.34. The Labute approximate surface area is 204 Å². The van der Waals surface area contributed by atoms with Gasteiger partial charge in [0.05, 0.1) is 5.69 Å². The number of nitrogens with zero attached hydrogens (tertiary/aromatic N) is 3. The summed E-state index contributed by atoms with van der Waals surface area (Å²) >= 11 is 3.39. The molecule has 1 saturated heterocycles. The van der Waals surface area contributed by atoms with Crippen molar-refractivity contribution < 1.29 is 9.21 Å². The summed E-state index contributed by atoms with van der Waals surface area (Å²) in [7, 11) is 0. The van der Waals surface area contributed by atoms with E-state index in [1.54, 1.807) is 24.3 Å². The van der Waals surface area contributed by atoms with Gasteiger partial charge in [-0.25, -0.2) is 4.79 Å². The molecular weight excluding hydrogens is 496 g/mol. The number of carbonyl (C=O) groups is 1. The average molecular weight is 519 g/mol. The second-order valence-corrected chi connectivity index (χ2v) is 9.26. The fourth-order valence-corrected chi connectivity index (χ4v) is 4.53. The average Bonchev–Trinajstić information content (AvgIpc) is 3.14. The number of carbonyl (C=O) groups excluding carboxylic acids is 1. The molecule has 0 atom stereocenters. The summed E-state index contributed by atoms with van der Waals surface area (Å²) in [5, 5.41) is 12.3. The van der Waals surface area contributed by atoms with Crippen LogP contribution in [0.4, 0.5) is 11.5 Å². The Morgan fingerprint density at radius 2 is 1.76 bits per heavy atom. The highest BCUT2D eigenvalue weighted by Crippen LogP contribution is 2.24. The Balaban J connectivity index is 1.35. The lowest BCUT2D eigenvalue weighted by atomic mass is 10.1. The maximum Gasteiger partial charge on any atom is 0.349 e. The Morgan fingerprint density at radius 3 is 2.53 bits per heavy atom. The zero-order valence-corrected chi connectivity index (χ0v) is 20.0. The molecule has 0 saturated carbocycles. The molecule has 1 amide bonds. The zero-order chi connectivity index (χ0) is 23.5. The van der Waals surface area contributed by atoms with E-state index in [0.717, 1.165) is 28.9 Å². The Bertz CT molecular complexity index is 1390. The van der Waals surface area contributed by atoms with Gasteiger partial charge in [-0.3, -0.25) is 4.79 Å². The molecule has 2 aromatic carbocycles.